The van der Waals surface area contributed by atoms with E-state index in [2.05, 4.69) is 28.8 Å². The van der Waals surface area contributed by atoms with Gasteiger partial charge in [-0.05, 0) is 46.3 Å². The standard InChI is InChI=1S/C18H30N4OS/c1-6-19-18(22-14-7-8-15(9-14)24-5)21-11-16-13(3)17(23-4)12(2)10-20-16/h10,14-15H,6-9,11H2,1-5H3,(H2,19,21,22). The number of hydrogen-bond donors (Lipinski definition) is 2. The predicted molar refractivity (Wildman–Crippen MR) is 103 cm³/mol. The fourth-order valence-electron chi connectivity index (χ4n) is 3.18. The van der Waals surface area contributed by atoms with Crippen molar-refractivity contribution in [2.45, 2.75) is 57.9 Å². The molecule has 0 saturated heterocycles. The van der Waals surface area contributed by atoms with Gasteiger partial charge < -0.3 is 15.4 Å². The Labute approximate surface area is 150 Å². The van der Waals surface area contributed by atoms with E-state index in [-0.39, 0.29) is 0 Å². The molecule has 0 aliphatic heterocycles. The fraction of sp³-hybridized carbons (Fsp3) is 0.667. The molecule has 1 aromatic heterocycles. The summed E-state index contributed by atoms with van der Waals surface area (Å²) in [5.41, 5.74) is 3.09. The molecule has 0 radical (unpaired) electrons. The van der Waals surface area contributed by atoms with Gasteiger partial charge in [-0.15, -0.1) is 0 Å². The third kappa shape index (κ3) is 4.79. The van der Waals surface area contributed by atoms with Crippen LogP contribution in [0.2, 0.25) is 0 Å². The molecule has 24 heavy (non-hydrogen) atoms. The zero-order valence-corrected chi connectivity index (χ0v) is 16.3. The minimum absolute atomic E-state index is 0.516. The first-order valence-electron chi connectivity index (χ1n) is 8.65. The van der Waals surface area contributed by atoms with E-state index < -0.39 is 0 Å². The number of thioether (sulfide) groups is 1. The van der Waals surface area contributed by atoms with Crippen LogP contribution in [0.4, 0.5) is 0 Å². The van der Waals surface area contributed by atoms with E-state index in [0.717, 1.165) is 40.3 Å². The molecule has 1 saturated carbocycles. The highest BCUT2D eigenvalue weighted by molar-refractivity contribution is 7.99. The Balaban J connectivity index is 2.06. The summed E-state index contributed by atoms with van der Waals surface area (Å²) in [4.78, 5) is 9.26. The molecule has 1 fully saturated rings. The molecule has 6 heteroatoms. The maximum atomic E-state index is 5.48. The Hall–Kier alpha value is -1.43. The normalized spacial score (nSPS) is 21.0. The van der Waals surface area contributed by atoms with Crippen molar-refractivity contribution in [1.29, 1.82) is 0 Å². The van der Waals surface area contributed by atoms with Crippen LogP contribution in [0.1, 0.15) is 43.0 Å². The van der Waals surface area contributed by atoms with E-state index in [1.165, 1.54) is 19.3 Å². The van der Waals surface area contributed by atoms with Crippen molar-refractivity contribution < 1.29 is 4.74 Å². The van der Waals surface area contributed by atoms with Crippen LogP contribution in [0, 0.1) is 13.8 Å². The van der Waals surface area contributed by atoms with Gasteiger partial charge in [0.15, 0.2) is 5.96 Å². The maximum Gasteiger partial charge on any atom is 0.191 e. The van der Waals surface area contributed by atoms with Gasteiger partial charge in [0.25, 0.3) is 0 Å². The van der Waals surface area contributed by atoms with Crippen molar-refractivity contribution in [3.05, 3.63) is 23.0 Å². The molecule has 0 aromatic carbocycles. The molecule has 1 heterocycles. The number of pyridine rings is 1. The van der Waals surface area contributed by atoms with Crippen molar-refractivity contribution >= 4 is 17.7 Å². The highest BCUT2D eigenvalue weighted by Crippen LogP contribution is 2.28. The molecule has 0 amide bonds. The predicted octanol–water partition coefficient (Wildman–Crippen LogP) is 3.05. The van der Waals surface area contributed by atoms with Crippen LogP contribution in [0.3, 0.4) is 0 Å². The molecular weight excluding hydrogens is 320 g/mol. The molecule has 134 valence electrons. The first-order valence-corrected chi connectivity index (χ1v) is 9.94. The van der Waals surface area contributed by atoms with E-state index >= 15 is 0 Å². The number of aryl methyl sites for hydroxylation is 1. The first kappa shape index (κ1) is 18.9. The summed E-state index contributed by atoms with van der Waals surface area (Å²) < 4.78 is 5.48. The van der Waals surface area contributed by atoms with Crippen LogP contribution in [0.5, 0.6) is 5.75 Å². The van der Waals surface area contributed by atoms with Crippen LogP contribution in [0.25, 0.3) is 0 Å². The summed E-state index contributed by atoms with van der Waals surface area (Å²) in [6, 6.07) is 0.516. The minimum atomic E-state index is 0.516. The quantitative estimate of drug-likeness (QED) is 0.610. The number of hydrogen-bond acceptors (Lipinski definition) is 4. The molecule has 0 spiro atoms. The highest BCUT2D eigenvalue weighted by atomic mass is 32.2. The number of nitrogens with zero attached hydrogens (tertiary/aromatic N) is 2. The van der Waals surface area contributed by atoms with Gasteiger partial charge in [0.05, 0.1) is 19.3 Å². The van der Waals surface area contributed by atoms with Crippen LogP contribution in [-0.2, 0) is 6.54 Å². The lowest BCUT2D eigenvalue weighted by atomic mass is 10.1. The Kier molecular flexibility index (Phi) is 7.21. The molecular formula is C18H30N4OS. The van der Waals surface area contributed by atoms with Gasteiger partial charge in [0, 0.05) is 35.2 Å². The average Bonchev–Trinajstić information content (AvgIpc) is 3.02. The summed E-state index contributed by atoms with van der Waals surface area (Å²) in [7, 11) is 1.70. The van der Waals surface area contributed by atoms with Gasteiger partial charge in [0.2, 0.25) is 0 Å². The summed E-state index contributed by atoms with van der Waals surface area (Å²) in [6.07, 6.45) is 7.77. The molecule has 2 unspecified atom stereocenters. The number of nitrogens with one attached hydrogen (secondary N) is 2. The SMILES string of the molecule is CCNC(=NCc1ncc(C)c(OC)c1C)NC1CCC(SC)C1. The van der Waals surface area contributed by atoms with E-state index in [1.54, 1.807) is 7.11 Å². The van der Waals surface area contributed by atoms with Gasteiger partial charge >= 0.3 is 0 Å². The second-order valence-electron chi connectivity index (χ2n) is 6.25. The Morgan fingerprint density at radius 2 is 2.21 bits per heavy atom. The fourth-order valence-corrected chi connectivity index (χ4v) is 3.98. The zero-order valence-electron chi connectivity index (χ0n) is 15.5. The van der Waals surface area contributed by atoms with Crippen LogP contribution < -0.4 is 15.4 Å². The number of methoxy groups -OCH3 is 1. The summed E-state index contributed by atoms with van der Waals surface area (Å²) >= 11 is 1.97. The lowest BCUT2D eigenvalue weighted by molar-refractivity contribution is 0.407. The lowest BCUT2D eigenvalue weighted by Gasteiger charge is -2.17. The second-order valence-corrected chi connectivity index (χ2v) is 7.39. The molecule has 2 N–H and O–H groups in total. The zero-order chi connectivity index (χ0) is 17.5. The maximum absolute atomic E-state index is 5.48. The summed E-state index contributed by atoms with van der Waals surface area (Å²) in [5.74, 6) is 1.79. The molecule has 2 atom stereocenters. The molecule has 2 rings (SSSR count). The Morgan fingerprint density at radius 1 is 1.42 bits per heavy atom. The molecule has 0 bridgehead atoms. The van der Waals surface area contributed by atoms with Crippen molar-refractivity contribution in [2.75, 3.05) is 19.9 Å². The molecule has 1 aliphatic carbocycles. The first-order chi connectivity index (χ1) is 11.6. The minimum Gasteiger partial charge on any atom is -0.496 e. The van der Waals surface area contributed by atoms with Crippen LogP contribution in [0.15, 0.2) is 11.2 Å². The van der Waals surface area contributed by atoms with Crippen molar-refractivity contribution in [3.63, 3.8) is 0 Å². The molecule has 1 aromatic rings. The summed E-state index contributed by atoms with van der Waals surface area (Å²) in [6.45, 7) is 7.56. The van der Waals surface area contributed by atoms with Gasteiger partial charge in [-0.3, -0.25) is 4.98 Å². The van der Waals surface area contributed by atoms with Crippen molar-refractivity contribution in [1.82, 2.24) is 15.6 Å². The van der Waals surface area contributed by atoms with E-state index in [1.807, 2.05) is 31.8 Å². The number of guanidine groups is 1. The monoisotopic (exact) mass is 350 g/mol. The Morgan fingerprint density at radius 3 is 2.83 bits per heavy atom. The molecule has 1 aliphatic rings. The van der Waals surface area contributed by atoms with Crippen molar-refractivity contribution in [3.8, 4) is 5.75 Å². The topological polar surface area (TPSA) is 58.5 Å². The Bertz CT molecular complexity index is 576. The van der Waals surface area contributed by atoms with Gasteiger partial charge in [-0.1, -0.05) is 0 Å². The van der Waals surface area contributed by atoms with Crippen LogP contribution >= 0.6 is 11.8 Å². The third-order valence-electron chi connectivity index (χ3n) is 4.54. The van der Waals surface area contributed by atoms with Gasteiger partial charge in [-0.25, -0.2) is 4.99 Å². The number of aliphatic imine (C=N–C) groups is 1. The number of rotatable bonds is 6. The highest BCUT2D eigenvalue weighted by Gasteiger charge is 2.24. The van der Waals surface area contributed by atoms with Gasteiger partial charge in [0.1, 0.15) is 5.75 Å². The third-order valence-corrected chi connectivity index (χ3v) is 5.63. The number of aromatic nitrogens is 1. The average molecular weight is 351 g/mol. The second kappa shape index (κ2) is 9.16. The smallest absolute Gasteiger partial charge is 0.191 e. The van der Waals surface area contributed by atoms with Crippen molar-refractivity contribution in [2.24, 2.45) is 4.99 Å². The van der Waals surface area contributed by atoms with E-state index in [9.17, 15) is 0 Å². The summed E-state index contributed by atoms with van der Waals surface area (Å²) in [5, 5.41) is 7.70. The number of ether oxygens (including phenoxy) is 1. The van der Waals surface area contributed by atoms with E-state index in [0.29, 0.717) is 12.6 Å². The van der Waals surface area contributed by atoms with Crippen LogP contribution in [-0.4, -0.2) is 42.1 Å². The van der Waals surface area contributed by atoms with Gasteiger partial charge in [-0.2, -0.15) is 11.8 Å². The largest absolute Gasteiger partial charge is 0.496 e. The lowest BCUT2D eigenvalue weighted by Crippen LogP contribution is -2.42. The molecule has 5 nitrogen and oxygen atoms in total. The van der Waals surface area contributed by atoms with E-state index in [4.69, 9.17) is 9.73 Å².